The van der Waals surface area contributed by atoms with Crippen LogP contribution in [0.2, 0.25) is 0 Å². The summed E-state index contributed by atoms with van der Waals surface area (Å²) >= 11 is 0. The van der Waals surface area contributed by atoms with Gasteiger partial charge in [-0.15, -0.1) is 0 Å². The summed E-state index contributed by atoms with van der Waals surface area (Å²) in [6, 6.07) is 0. The van der Waals surface area contributed by atoms with Crippen molar-refractivity contribution >= 4 is 5.97 Å². The molecule has 92 valence electrons. The third kappa shape index (κ3) is 2.20. The van der Waals surface area contributed by atoms with E-state index in [9.17, 15) is 4.79 Å². The average molecular weight is 231 g/mol. The smallest absolute Gasteiger partial charge is 0.302 e. The molecule has 0 spiro atoms. The van der Waals surface area contributed by atoms with Crippen LogP contribution in [0.15, 0.2) is 0 Å². The summed E-state index contributed by atoms with van der Waals surface area (Å²) in [5, 5.41) is 0. The molecule has 2 heterocycles. The molecule has 0 bridgehead atoms. The van der Waals surface area contributed by atoms with Gasteiger partial charge in [0.25, 0.3) is 0 Å². The van der Waals surface area contributed by atoms with E-state index in [4.69, 9.17) is 24.7 Å². The highest BCUT2D eigenvalue weighted by atomic mass is 16.8. The Kier molecular flexibility index (Phi) is 2.91. The fourth-order valence-electron chi connectivity index (χ4n) is 2.05. The second-order valence-corrected chi connectivity index (χ2v) is 4.51. The lowest BCUT2D eigenvalue weighted by molar-refractivity contribution is -0.192. The Morgan fingerprint density at radius 3 is 2.62 bits per heavy atom. The second kappa shape index (κ2) is 3.96. The maximum atomic E-state index is 10.7. The van der Waals surface area contributed by atoms with Gasteiger partial charge in [0.15, 0.2) is 5.79 Å². The molecule has 0 saturated carbocycles. The molecule has 2 saturated heterocycles. The molecule has 0 aromatic carbocycles. The maximum Gasteiger partial charge on any atom is 0.302 e. The Balaban J connectivity index is 1.99. The minimum absolute atomic E-state index is 0.143. The Morgan fingerprint density at radius 1 is 1.38 bits per heavy atom. The molecule has 6 heteroatoms. The van der Waals surface area contributed by atoms with Crippen molar-refractivity contribution in [2.45, 2.75) is 51.1 Å². The van der Waals surface area contributed by atoms with Gasteiger partial charge in [-0.3, -0.25) is 4.79 Å². The van der Waals surface area contributed by atoms with Crippen LogP contribution in [0.5, 0.6) is 0 Å². The zero-order chi connectivity index (χ0) is 11.9. The van der Waals surface area contributed by atoms with Gasteiger partial charge >= 0.3 is 5.97 Å². The number of ether oxygens (including phenoxy) is 4. The van der Waals surface area contributed by atoms with E-state index >= 15 is 0 Å². The van der Waals surface area contributed by atoms with Crippen LogP contribution in [-0.2, 0) is 23.7 Å². The van der Waals surface area contributed by atoms with Crippen molar-refractivity contribution < 1.29 is 23.7 Å². The van der Waals surface area contributed by atoms with E-state index in [-0.39, 0.29) is 30.9 Å². The number of carbonyl (C=O) groups excluding carboxylic acids is 1. The van der Waals surface area contributed by atoms with Crippen LogP contribution in [0.1, 0.15) is 20.8 Å². The number of carbonyl (C=O) groups is 1. The van der Waals surface area contributed by atoms with Crippen LogP contribution in [0.25, 0.3) is 0 Å². The van der Waals surface area contributed by atoms with E-state index < -0.39 is 12.0 Å². The summed E-state index contributed by atoms with van der Waals surface area (Å²) in [5.41, 5.74) is 5.77. The van der Waals surface area contributed by atoms with Gasteiger partial charge in [0, 0.05) is 6.92 Å². The lowest BCUT2D eigenvalue weighted by atomic mass is 10.1. The normalized spacial score (nSPS) is 40.8. The highest BCUT2D eigenvalue weighted by Crippen LogP contribution is 2.37. The summed E-state index contributed by atoms with van der Waals surface area (Å²) in [6.07, 6.45) is -1.46. The summed E-state index contributed by atoms with van der Waals surface area (Å²) in [4.78, 5) is 10.7. The topological polar surface area (TPSA) is 80.0 Å². The quantitative estimate of drug-likeness (QED) is 0.660. The molecule has 0 aromatic heterocycles. The molecular weight excluding hydrogens is 214 g/mol. The van der Waals surface area contributed by atoms with E-state index in [1.54, 1.807) is 0 Å². The Bertz CT molecular complexity index is 293. The van der Waals surface area contributed by atoms with E-state index in [0.29, 0.717) is 0 Å². The zero-order valence-corrected chi connectivity index (χ0v) is 9.64. The molecule has 16 heavy (non-hydrogen) atoms. The first-order valence-corrected chi connectivity index (χ1v) is 5.29. The summed E-state index contributed by atoms with van der Waals surface area (Å²) in [7, 11) is 0. The van der Waals surface area contributed by atoms with Crippen LogP contribution >= 0.6 is 0 Å². The first-order valence-electron chi connectivity index (χ1n) is 5.29. The van der Waals surface area contributed by atoms with E-state index in [2.05, 4.69) is 0 Å². The van der Waals surface area contributed by atoms with Crippen molar-refractivity contribution in [3.8, 4) is 0 Å². The third-order valence-electron chi connectivity index (χ3n) is 2.64. The minimum atomic E-state index is -0.662. The number of hydrogen-bond donors (Lipinski definition) is 1. The largest absolute Gasteiger partial charge is 0.463 e. The van der Waals surface area contributed by atoms with Crippen molar-refractivity contribution in [2.24, 2.45) is 5.73 Å². The highest BCUT2D eigenvalue weighted by Gasteiger charge is 2.54. The molecular formula is C10H17NO5. The SMILES string of the molecule is CC(=O)OC[C@H]1O[C@H](N)[C@@H]2OC(C)(C)O[C@@H]21. The lowest BCUT2D eigenvalue weighted by Crippen LogP contribution is -2.35. The Hall–Kier alpha value is -0.690. The predicted molar refractivity (Wildman–Crippen MR) is 53.3 cm³/mol. The average Bonchev–Trinajstić information content (AvgIpc) is 2.59. The van der Waals surface area contributed by atoms with E-state index in [1.165, 1.54) is 6.92 Å². The monoisotopic (exact) mass is 231 g/mol. The van der Waals surface area contributed by atoms with Crippen molar-refractivity contribution in [1.82, 2.24) is 0 Å². The van der Waals surface area contributed by atoms with Gasteiger partial charge in [-0.2, -0.15) is 0 Å². The number of nitrogens with two attached hydrogens (primary N) is 1. The fraction of sp³-hybridized carbons (Fsp3) is 0.900. The molecule has 4 atom stereocenters. The maximum absolute atomic E-state index is 10.7. The number of hydrogen-bond acceptors (Lipinski definition) is 6. The van der Waals surface area contributed by atoms with Gasteiger partial charge in [0.2, 0.25) is 0 Å². The Morgan fingerprint density at radius 2 is 2.00 bits per heavy atom. The zero-order valence-electron chi connectivity index (χ0n) is 9.64. The van der Waals surface area contributed by atoms with Gasteiger partial charge in [-0.05, 0) is 13.8 Å². The predicted octanol–water partition coefficient (Wildman–Crippen LogP) is -0.247. The van der Waals surface area contributed by atoms with Gasteiger partial charge < -0.3 is 24.7 Å². The second-order valence-electron chi connectivity index (χ2n) is 4.51. The third-order valence-corrected chi connectivity index (χ3v) is 2.64. The molecule has 0 aromatic rings. The Labute approximate surface area is 94.0 Å². The number of esters is 1. The van der Waals surface area contributed by atoms with Gasteiger partial charge in [0.1, 0.15) is 31.1 Å². The first-order chi connectivity index (χ1) is 7.39. The van der Waals surface area contributed by atoms with Gasteiger partial charge in [-0.25, -0.2) is 0 Å². The van der Waals surface area contributed by atoms with E-state index in [1.807, 2.05) is 13.8 Å². The summed E-state index contributed by atoms with van der Waals surface area (Å²) in [5.74, 6) is -1.01. The molecule has 2 rings (SSSR count). The minimum Gasteiger partial charge on any atom is -0.463 e. The van der Waals surface area contributed by atoms with Crippen molar-refractivity contribution in [2.75, 3.05) is 6.61 Å². The lowest BCUT2D eigenvalue weighted by Gasteiger charge is -2.22. The van der Waals surface area contributed by atoms with Crippen LogP contribution in [0.4, 0.5) is 0 Å². The van der Waals surface area contributed by atoms with Crippen LogP contribution < -0.4 is 5.73 Å². The van der Waals surface area contributed by atoms with Gasteiger partial charge in [-0.1, -0.05) is 0 Å². The van der Waals surface area contributed by atoms with Crippen molar-refractivity contribution in [3.63, 3.8) is 0 Å². The fourth-order valence-corrected chi connectivity index (χ4v) is 2.05. The molecule has 2 fully saturated rings. The molecule has 0 aliphatic carbocycles. The molecule has 0 amide bonds. The molecule has 2 aliphatic heterocycles. The van der Waals surface area contributed by atoms with Crippen molar-refractivity contribution in [3.05, 3.63) is 0 Å². The highest BCUT2D eigenvalue weighted by molar-refractivity contribution is 5.65. The molecule has 0 radical (unpaired) electrons. The number of fused-ring (bicyclic) bond motifs is 1. The summed E-state index contributed by atoms with van der Waals surface area (Å²) < 4.78 is 21.6. The standard InChI is InChI=1S/C10H17NO5/c1-5(12)13-4-6-7-8(9(11)14-6)16-10(2,3)15-7/h6-9H,4,11H2,1-3H3/t6-,7-,8-,9+/m1/s1. The first kappa shape index (κ1) is 11.8. The molecule has 6 nitrogen and oxygen atoms in total. The molecule has 0 unspecified atom stereocenters. The van der Waals surface area contributed by atoms with Crippen molar-refractivity contribution in [1.29, 1.82) is 0 Å². The van der Waals surface area contributed by atoms with Crippen LogP contribution in [0.3, 0.4) is 0 Å². The molecule has 2 aliphatic rings. The van der Waals surface area contributed by atoms with E-state index in [0.717, 1.165) is 0 Å². The number of rotatable bonds is 2. The van der Waals surface area contributed by atoms with Crippen LogP contribution in [0, 0.1) is 0 Å². The van der Waals surface area contributed by atoms with Gasteiger partial charge in [0.05, 0.1) is 0 Å². The molecule has 2 N–H and O–H groups in total. The summed E-state index contributed by atoms with van der Waals surface area (Å²) in [6.45, 7) is 5.13. The van der Waals surface area contributed by atoms with Crippen LogP contribution in [-0.4, -0.2) is 42.9 Å².